The molecule has 150 valence electrons. The van der Waals surface area contributed by atoms with Crippen molar-refractivity contribution in [1.82, 2.24) is 0 Å². The van der Waals surface area contributed by atoms with Gasteiger partial charge in [0, 0.05) is 12.0 Å². The number of rotatable bonds is 0. The lowest BCUT2D eigenvalue weighted by Crippen LogP contribution is -3.09. The van der Waals surface area contributed by atoms with Gasteiger partial charge >= 0.3 is 11.9 Å². The van der Waals surface area contributed by atoms with Crippen LogP contribution in [0.25, 0.3) is 0 Å². The molecule has 3 aliphatic rings. The fraction of sp³-hybridized carbons (Fsp3) is 0.737. The molecule has 0 aromatic rings. The van der Waals surface area contributed by atoms with Gasteiger partial charge < -0.3 is 24.2 Å². The van der Waals surface area contributed by atoms with E-state index in [1.165, 1.54) is 6.92 Å². The lowest BCUT2D eigenvalue weighted by Gasteiger charge is -2.31. The molecule has 0 saturated carbocycles. The Morgan fingerprint density at radius 1 is 1.22 bits per heavy atom. The van der Waals surface area contributed by atoms with Gasteiger partial charge in [-0.3, -0.25) is 4.79 Å². The number of Topliss-reactive ketones (excluding diaryl/α,β-unsaturated/α-hetero) is 1. The SMILES string of the molecule is C[C@H]1C[C@]2(O[C@@H]2C)C(=O)O[C@@H]2CC[NH+](C)C/C=C(/COC(=O)[C@]1(C)O)C2=O. The molecule has 27 heavy (non-hydrogen) atoms. The molecule has 2 fully saturated rings. The number of cyclic esters (lactones) is 1. The predicted octanol–water partition coefficient (Wildman–Crippen LogP) is -1.20. The van der Waals surface area contributed by atoms with Crippen molar-refractivity contribution >= 4 is 17.7 Å². The van der Waals surface area contributed by atoms with E-state index in [0.717, 1.165) is 4.90 Å². The van der Waals surface area contributed by atoms with Gasteiger partial charge in [-0.15, -0.1) is 0 Å². The molecule has 0 amide bonds. The van der Waals surface area contributed by atoms with Crippen molar-refractivity contribution in [3.63, 3.8) is 0 Å². The Hall–Kier alpha value is -1.77. The molecule has 0 aromatic carbocycles. The van der Waals surface area contributed by atoms with Gasteiger partial charge in [0.2, 0.25) is 5.78 Å². The highest BCUT2D eigenvalue weighted by atomic mass is 16.7. The number of ether oxygens (including phenoxy) is 3. The molecule has 3 aliphatic heterocycles. The highest BCUT2D eigenvalue weighted by molar-refractivity contribution is 6.01. The van der Waals surface area contributed by atoms with Gasteiger partial charge in [-0.1, -0.05) is 6.92 Å². The monoisotopic (exact) mass is 382 g/mol. The predicted molar refractivity (Wildman–Crippen MR) is 92.8 cm³/mol. The molecule has 3 rings (SSSR count). The number of hydrogen-bond donors (Lipinski definition) is 2. The number of quaternary nitrogens is 1. The minimum absolute atomic E-state index is 0.101. The first-order valence-corrected chi connectivity index (χ1v) is 9.41. The Balaban J connectivity index is 1.97. The van der Waals surface area contributed by atoms with Crippen LogP contribution in [0.4, 0.5) is 0 Å². The molecule has 3 heterocycles. The second-order valence-corrected chi connectivity index (χ2v) is 8.17. The first-order chi connectivity index (χ1) is 12.6. The van der Waals surface area contributed by atoms with Crippen molar-refractivity contribution in [3.8, 4) is 0 Å². The number of ketones is 1. The summed E-state index contributed by atoms with van der Waals surface area (Å²) < 4.78 is 16.4. The highest BCUT2D eigenvalue weighted by Gasteiger charge is 2.64. The fourth-order valence-corrected chi connectivity index (χ4v) is 3.62. The second kappa shape index (κ2) is 7.00. The molecule has 8 nitrogen and oxygen atoms in total. The number of aliphatic hydroxyl groups is 1. The summed E-state index contributed by atoms with van der Waals surface area (Å²) in [4.78, 5) is 39.3. The van der Waals surface area contributed by atoms with Gasteiger partial charge in [0.1, 0.15) is 6.61 Å². The molecular formula is C19H28NO7+. The maximum Gasteiger partial charge on any atom is 0.341 e. The zero-order valence-corrected chi connectivity index (χ0v) is 16.2. The van der Waals surface area contributed by atoms with Gasteiger partial charge in [0.15, 0.2) is 17.3 Å². The summed E-state index contributed by atoms with van der Waals surface area (Å²) in [5.74, 6) is -2.39. The number of carbonyl (C=O) groups is 3. The Bertz CT molecular complexity index is 686. The van der Waals surface area contributed by atoms with Crippen LogP contribution < -0.4 is 4.90 Å². The molecule has 1 spiro atoms. The van der Waals surface area contributed by atoms with Gasteiger partial charge in [0.05, 0.1) is 26.2 Å². The lowest BCUT2D eigenvalue weighted by molar-refractivity contribution is -0.874. The average Bonchev–Trinajstić information content (AvgIpc) is 3.26. The molecule has 2 saturated heterocycles. The molecular weight excluding hydrogens is 354 g/mol. The fourth-order valence-electron chi connectivity index (χ4n) is 3.62. The van der Waals surface area contributed by atoms with Crippen molar-refractivity contribution < 1.29 is 38.6 Å². The van der Waals surface area contributed by atoms with E-state index >= 15 is 0 Å². The summed E-state index contributed by atoms with van der Waals surface area (Å²) in [5.41, 5.74) is -2.78. The average molecular weight is 382 g/mol. The van der Waals surface area contributed by atoms with Crippen molar-refractivity contribution in [2.45, 2.75) is 57.0 Å². The summed E-state index contributed by atoms with van der Waals surface area (Å²) in [5, 5.41) is 10.7. The third kappa shape index (κ3) is 3.66. The van der Waals surface area contributed by atoms with Crippen LogP contribution in [0.3, 0.4) is 0 Å². The standard InChI is InChI=1S/C19H27NO7/c1-11-9-19(12(2)27-19)17(23)26-14-6-8-20(4)7-5-13(15(14)21)10-25-16(22)18(11,3)24/h5,11-12,14,24H,6-10H2,1-4H3/p+1/b13-5-/t11-,12+,14+,18+,19+/m0/s1. The third-order valence-electron chi connectivity index (χ3n) is 6.06. The maximum atomic E-state index is 12.9. The van der Waals surface area contributed by atoms with Crippen LogP contribution in [0, 0.1) is 5.92 Å². The van der Waals surface area contributed by atoms with E-state index in [1.54, 1.807) is 19.9 Å². The molecule has 6 atom stereocenters. The summed E-state index contributed by atoms with van der Waals surface area (Å²) in [6, 6.07) is 0. The molecule has 1 unspecified atom stereocenters. The number of esters is 2. The van der Waals surface area contributed by atoms with E-state index in [9.17, 15) is 19.5 Å². The van der Waals surface area contributed by atoms with Crippen LogP contribution in [-0.4, -0.2) is 73.0 Å². The van der Waals surface area contributed by atoms with E-state index in [0.29, 0.717) is 19.5 Å². The Kier molecular flexibility index (Phi) is 5.18. The number of carbonyl (C=O) groups excluding carboxylic acids is 3. The van der Waals surface area contributed by atoms with Gasteiger partial charge in [-0.05, 0) is 32.3 Å². The second-order valence-electron chi connectivity index (χ2n) is 8.17. The van der Waals surface area contributed by atoms with Crippen LogP contribution in [0.1, 0.15) is 33.6 Å². The first kappa shape index (κ1) is 20.0. The maximum absolute atomic E-state index is 12.9. The van der Waals surface area contributed by atoms with Gasteiger partial charge in [0.25, 0.3) is 0 Å². The summed E-state index contributed by atoms with van der Waals surface area (Å²) >= 11 is 0. The van der Waals surface area contributed by atoms with E-state index in [1.807, 2.05) is 7.05 Å². The molecule has 0 aromatic heterocycles. The number of hydrogen-bond acceptors (Lipinski definition) is 7. The van der Waals surface area contributed by atoms with Crippen molar-refractivity contribution in [3.05, 3.63) is 11.6 Å². The smallest absolute Gasteiger partial charge is 0.341 e. The normalized spacial score (nSPS) is 45.4. The van der Waals surface area contributed by atoms with Crippen LogP contribution in [-0.2, 0) is 28.6 Å². The van der Waals surface area contributed by atoms with Gasteiger partial charge in [-0.2, -0.15) is 0 Å². The first-order valence-electron chi connectivity index (χ1n) is 9.41. The largest absolute Gasteiger partial charge is 0.459 e. The number of fused-ring (bicyclic) bond motifs is 2. The quantitative estimate of drug-likeness (QED) is 0.400. The topological polar surface area (TPSA) is 107 Å². The highest BCUT2D eigenvalue weighted by Crippen LogP contribution is 2.45. The Labute approximate surface area is 158 Å². The number of nitrogens with one attached hydrogen (secondary N) is 1. The molecule has 0 radical (unpaired) electrons. The van der Waals surface area contributed by atoms with Crippen LogP contribution >= 0.6 is 0 Å². The van der Waals surface area contributed by atoms with Crippen LogP contribution in [0.15, 0.2) is 11.6 Å². The van der Waals surface area contributed by atoms with E-state index in [-0.39, 0.29) is 24.4 Å². The summed E-state index contributed by atoms with van der Waals surface area (Å²) in [7, 11) is 1.97. The van der Waals surface area contributed by atoms with Crippen molar-refractivity contribution in [2.24, 2.45) is 5.92 Å². The summed E-state index contributed by atoms with van der Waals surface area (Å²) in [6.45, 7) is 5.76. The third-order valence-corrected chi connectivity index (χ3v) is 6.06. The zero-order chi connectivity index (χ0) is 20.0. The minimum Gasteiger partial charge on any atom is -0.459 e. The van der Waals surface area contributed by atoms with E-state index in [2.05, 4.69) is 0 Å². The molecule has 0 aliphatic carbocycles. The Morgan fingerprint density at radius 2 is 1.89 bits per heavy atom. The van der Waals surface area contributed by atoms with Crippen LogP contribution in [0.2, 0.25) is 0 Å². The zero-order valence-electron chi connectivity index (χ0n) is 16.2. The molecule has 2 bridgehead atoms. The Morgan fingerprint density at radius 3 is 2.52 bits per heavy atom. The van der Waals surface area contributed by atoms with Crippen LogP contribution in [0.5, 0.6) is 0 Å². The molecule has 2 N–H and O–H groups in total. The van der Waals surface area contributed by atoms with Crippen molar-refractivity contribution in [1.29, 1.82) is 0 Å². The van der Waals surface area contributed by atoms with E-state index in [4.69, 9.17) is 14.2 Å². The number of likely N-dealkylation sites (N-methyl/N-ethyl adjacent to an activating group) is 1. The van der Waals surface area contributed by atoms with Gasteiger partial charge in [-0.25, -0.2) is 9.59 Å². The summed E-state index contributed by atoms with van der Waals surface area (Å²) in [6.07, 6.45) is 0.861. The van der Waals surface area contributed by atoms with Crippen molar-refractivity contribution in [2.75, 3.05) is 26.7 Å². The molecule has 8 heteroatoms. The van der Waals surface area contributed by atoms with E-state index < -0.39 is 41.3 Å². The lowest BCUT2D eigenvalue weighted by atomic mass is 9.82. The minimum atomic E-state index is -1.81. The number of epoxide rings is 1.